The van der Waals surface area contributed by atoms with Crippen LogP contribution >= 0.6 is 11.3 Å². The van der Waals surface area contributed by atoms with E-state index in [1.54, 1.807) is 11.3 Å². The molecule has 5 aromatic rings. The average Bonchev–Trinajstić information content (AvgIpc) is 2.75. The lowest BCUT2D eigenvalue weighted by Gasteiger charge is -2.11. The molecule has 0 atom stereocenters. The molecule has 0 saturated heterocycles. The molecule has 0 aliphatic carbocycles. The molecule has 0 aliphatic rings. The van der Waals surface area contributed by atoms with Gasteiger partial charge in [0.1, 0.15) is 23.0 Å². The minimum absolute atomic E-state index is 0.0909. The maximum Gasteiger partial charge on any atom is 0.203 e. The lowest BCUT2D eigenvalue weighted by atomic mass is 10.1. The Morgan fingerprint density at radius 1 is 0.517 bits per heavy atom. The normalized spacial score (nSPS) is 10.9. The highest BCUT2D eigenvalue weighted by molar-refractivity contribution is 7.24. The maximum atomic E-state index is 13.6. The first kappa shape index (κ1) is 17.5. The molecule has 1 aromatic heterocycles. The minimum Gasteiger partial charge on any atom is -0.457 e. The summed E-state index contributed by atoms with van der Waals surface area (Å²) in [6, 6.07) is 30.3. The fourth-order valence-corrected chi connectivity index (χ4v) is 4.41. The highest BCUT2D eigenvalue weighted by Crippen LogP contribution is 2.36. The van der Waals surface area contributed by atoms with Gasteiger partial charge in [-0.25, -0.2) is 0 Å². The van der Waals surface area contributed by atoms with Gasteiger partial charge in [0.2, 0.25) is 5.43 Å². The Balaban J connectivity index is 1.72. The fourth-order valence-electron chi connectivity index (χ4n) is 3.28. The van der Waals surface area contributed by atoms with Crippen LogP contribution in [0.4, 0.5) is 0 Å². The quantitative estimate of drug-likeness (QED) is 0.307. The summed E-state index contributed by atoms with van der Waals surface area (Å²) in [6.45, 7) is 0. The first-order valence-corrected chi connectivity index (χ1v) is 10.1. The highest BCUT2D eigenvalue weighted by Gasteiger charge is 2.15. The van der Waals surface area contributed by atoms with Crippen molar-refractivity contribution in [2.24, 2.45) is 0 Å². The van der Waals surface area contributed by atoms with Crippen LogP contribution in [-0.4, -0.2) is 0 Å². The monoisotopic (exact) mass is 396 g/mol. The molecule has 3 nitrogen and oxygen atoms in total. The van der Waals surface area contributed by atoms with Crippen LogP contribution in [0.3, 0.4) is 0 Å². The van der Waals surface area contributed by atoms with Crippen molar-refractivity contribution in [3.63, 3.8) is 0 Å². The molecule has 4 heteroatoms. The zero-order valence-corrected chi connectivity index (χ0v) is 16.2. The van der Waals surface area contributed by atoms with Gasteiger partial charge in [0.25, 0.3) is 0 Å². The molecule has 0 spiro atoms. The molecule has 4 aromatic carbocycles. The van der Waals surface area contributed by atoms with Crippen molar-refractivity contribution in [1.82, 2.24) is 0 Å². The van der Waals surface area contributed by atoms with Crippen LogP contribution in [0.15, 0.2) is 102 Å². The Labute approximate surface area is 171 Å². The minimum atomic E-state index is -0.0909. The van der Waals surface area contributed by atoms with Crippen LogP contribution in [0.5, 0.6) is 23.0 Å². The summed E-state index contributed by atoms with van der Waals surface area (Å²) in [6.07, 6.45) is 0. The lowest BCUT2D eigenvalue weighted by molar-refractivity contribution is 0.487. The lowest BCUT2D eigenvalue weighted by Crippen LogP contribution is -2.04. The Morgan fingerprint density at radius 2 is 0.966 bits per heavy atom. The van der Waals surface area contributed by atoms with E-state index >= 15 is 0 Å². The standard InChI is InChI=1S/C25H16O3S/c26-25-23-19(27-17-9-3-1-4-10-17)13-7-15-21(23)29-22-16-8-14-20(24(22)25)28-18-11-5-2-6-12-18/h1-16H. The van der Waals surface area contributed by atoms with E-state index in [-0.39, 0.29) is 5.43 Å². The van der Waals surface area contributed by atoms with Crippen LogP contribution in [0.2, 0.25) is 0 Å². The van der Waals surface area contributed by atoms with Gasteiger partial charge in [0.15, 0.2) is 0 Å². The molecule has 140 valence electrons. The molecule has 0 amide bonds. The van der Waals surface area contributed by atoms with Crippen LogP contribution < -0.4 is 14.9 Å². The Bertz CT molecular complexity index is 1260. The van der Waals surface area contributed by atoms with E-state index in [4.69, 9.17) is 9.47 Å². The molecule has 29 heavy (non-hydrogen) atoms. The van der Waals surface area contributed by atoms with Crippen molar-refractivity contribution in [3.8, 4) is 23.0 Å². The molecule has 0 N–H and O–H groups in total. The first-order chi connectivity index (χ1) is 14.3. The highest BCUT2D eigenvalue weighted by atomic mass is 32.1. The molecule has 0 aliphatic heterocycles. The third-order valence-corrected chi connectivity index (χ3v) is 5.71. The fraction of sp³-hybridized carbons (Fsp3) is 0. The molecule has 5 rings (SSSR count). The SMILES string of the molecule is O=c1c2c(Oc3ccccc3)cccc2sc2cccc(Oc3ccccc3)c12. The number of rotatable bonds is 4. The molecular formula is C25H16O3S. The second-order valence-electron chi connectivity index (χ2n) is 6.52. The van der Waals surface area contributed by atoms with Gasteiger partial charge >= 0.3 is 0 Å². The van der Waals surface area contributed by atoms with Crippen molar-refractivity contribution < 1.29 is 9.47 Å². The van der Waals surface area contributed by atoms with Gasteiger partial charge < -0.3 is 9.47 Å². The molecule has 0 radical (unpaired) electrons. The van der Waals surface area contributed by atoms with Gasteiger partial charge in [-0.05, 0) is 48.5 Å². The summed E-state index contributed by atoms with van der Waals surface area (Å²) in [7, 11) is 0. The summed E-state index contributed by atoms with van der Waals surface area (Å²) in [5, 5.41) is 1.14. The van der Waals surface area contributed by atoms with Gasteiger partial charge in [0.05, 0.1) is 10.8 Å². The van der Waals surface area contributed by atoms with Crippen molar-refractivity contribution in [2.45, 2.75) is 0 Å². The third kappa shape index (κ3) is 3.35. The topological polar surface area (TPSA) is 35.5 Å². The molecule has 0 bridgehead atoms. The van der Waals surface area contributed by atoms with Gasteiger partial charge in [0, 0.05) is 9.40 Å². The number of hydrogen-bond acceptors (Lipinski definition) is 4. The Morgan fingerprint density at radius 3 is 1.41 bits per heavy atom. The van der Waals surface area contributed by atoms with Crippen LogP contribution in [-0.2, 0) is 0 Å². The Kier molecular flexibility index (Phi) is 4.47. The number of ether oxygens (including phenoxy) is 2. The van der Waals surface area contributed by atoms with Gasteiger partial charge in [-0.1, -0.05) is 48.5 Å². The number of benzene rings is 4. The summed E-state index contributed by atoms with van der Waals surface area (Å²) in [5.74, 6) is 2.48. The van der Waals surface area contributed by atoms with Crippen molar-refractivity contribution >= 4 is 31.5 Å². The van der Waals surface area contributed by atoms with E-state index in [0.29, 0.717) is 33.8 Å². The van der Waals surface area contributed by atoms with E-state index in [0.717, 1.165) is 9.40 Å². The largest absolute Gasteiger partial charge is 0.457 e. The smallest absolute Gasteiger partial charge is 0.203 e. The maximum absolute atomic E-state index is 13.6. The van der Waals surface area contributed by atoms with Gasteiger partial charge in [-0.2, -0.15) is 0 Å². The van der Waals surface area contributed by atoms with Crippen LogP contribution in [0.1, 0.15) is 0 Å². The van der Waals surface area contributed by atoms with E-state index < -0.39 is 0 Å². The third-order valence-electron chi connectivity index (χ3n) is 4.59. The average molecular weight is 396 g/mol. The van der Waals surface area contributed by atoms with Gasteiger partial charge in [-0.3, -0.25) is 4.79 Å². The predicted molar refractivity (Wildman–Crippen MR) is 119 cm³/mol. The zero-order valence-electron chi connectivity index (χ0n) is 15.4. The van der Waals surface area contributed by atoms with E-state index in [1.165, 1.54) is 0 Å². The second kappa shape index (κ2) is 7.41. The summed E-state index contributed by atoms with van der Waals surface area (Å²) < 4.78 is 13.9. The molecular weight excluding hydrogens is 380 g/mol. The summed E-state index contributed by atoms with van der Waals surface area (Å²) >= 11 is 1.55. The summed E-state index contributed by atoms with van der Waals surface area (Å²) in [4.78, 5) is 13.6. The van der Waals surface area contributed by atoms with Crippen molar-refractivity contribution in [2.75, 3.05) is 0 Å². The van der Waals surface area contributed by atoms with E-state index in [1.807, 2.05) is 97.1 Å². The van der Waals surface area contributed by atoms with Crippen molar-refractivity contribution in [3.05, 3.63) is 107 Å². The second-order valence-corrected chi connectivity index (χ2v) is 7.60. The molecule has 0 saturated carbocycles. The molecule has 0 unspecified atom stereocenters. The van der Waals surface area contributed by atoms with Crippen LogP contribution in [0, 0.1) is 0 Å². The van der Waals surface area contributed by atoms with Gasteiger partial charge in [-0.15, -0.1) is 11.3 Å². The number of fused-ring (bicyclic) bond motifs is 2. The number of para-hydroxylation sites is 2. The van der Waals surface area contributed by atoms with E-state index in [9.17, 15) is 4.79 Å². The molecule has 0 fully saturated rings. The molecule has 1 heterocycles. The first-order valence-electron chi connectivity index (χ1n) is 9.24. The number of hydrogen-bond donors (Lipinski definition) is 0. The van der Waals surface area contributed by atoms with Crippen molar-refractivity contribution in [1.29, 1.82) is 0 Å². The van der Waals surface area contributed by atoms with Crippen LogP contribution in [0.25, 0.3) is 20.2 Å². The zero-order chi connectivity index (χ0) is 19.6. The predicted octanol–water partition coefficient (Wildman–Crippen LogP) is 7.00. The summed E-state index contributed by atoms with van der Waals surface area (Å²) in [5.41, 5.74) is -0.0909. The Hall–Kier alpha value is -3.63. The van der Waals surface area contributed by atoms with E-state index in [2.05, 4.69) is 0 Å².